The number of fused-ring (bicyclic) bond motifs is 1. The van der Waals surface area contributed by atoms with Crippen LogP contribution in [0.5, 0.6) is 0 Å². The molecule has 5 nitrogen and oxygen atoms in total. The third-order valence-electron chi connectivity index (χ3n) is 4.55. The molecule has 1 aromatic rings. The smallest absolute Gasteiger partial charge is 0.257 e. The van der Waals surface area contributed by atoms with E-state index in [0.29, 0.717) is 18.7 Å². The number of nitrogens with zero attached hydrogens (tertiary/aromatic N) is 3. The molecule has 1 amide bonds. The Morgan fingerprint density at radius 1 is 1.43 bits per heavy atom. The number of hydrogen-bond donors (Lipinski definition) is 0. The molecule has 21 heavy (non-hydrogen) atoms. The predicted molar refractivity (Wildman–Crippen MR) is 79.2 cm³/mol. The molecule has 1 aliphatic carbocycles. The van der Waals surface area contributed by atoms with Crippen LogP contribution in [-0.4, -0.2) is 46.1 Å². The molecule has 1 aliphatic heterocycles. The monoisotopic (exact) mass is 289 g/mol. The highest BCUT2D eigenvalue weighted by Crippen LogP contribution is 2.29. The second-order valence-electron chi connectivity index (χ2n) is 5.89. The van der Waals surface area contributed by atoms with Crippen molar-refractivity contribution in [2.24, 2.45) is 0 Å². The highest BCUT2D eigenvalue weighted by Gasteiger charge is 2.37. The fourth-order valence-electron chi connectivity index (χ4n) is 3.47. The summed E-state index contributed by atoms with van der Waals surface area (Å²) in [5, 5.41) is 0. The number of morpholine rings is 1. The van der Waals surface area contributed by atoms with Crippen LogP contribution in [0.1, 0.15) is 54.5 Å². The van der Waals surface area contributed by atoms with Crippen LogP contribution in [0, 0.1) is 6.92 Å². The zero-order valence-electron chi connectivity index (χ0n) is 12.8. The minimum absolute atomic E-state index is 0.0760. The van der Waals surface area contributed by atoms with Gasteiger partial charge in [-0.25, -0.2) is 9.97 Å². The van der Waals surface area contributed by atoms with Crippen molar-refractivity contribution in [3.8, 4) is 0 Å². The van der Waals surface area contributed by atoms with Gasteiger partial charge in [-0.3, -0.25) is 4.79 Å². The van der Waals surface area contributed by atoms with Gasteiger partial charge in [-0.15, -0.1) is 0 Å². The van der Waals surface area contributed by atoms with E-state index in [0.717, 1.165) is 30.8 Å². The lowest BCUT2D eigenvalue weighted by Crippen LogP contribution is -2.55. The van der Waals surface area contributed by atoms with E-state index in [1.54, 1.807) is 6.20 Å². The number of carbonyl (C=O) groups is 1. The maximum absolute atomic E-state index is 12.9. The second kappa shape index (κ2) is 6.10. The Hall–Kier alpha value is -1.49. The van der Waals surface area contributed by atoms with E-state index in [1.807, 2.05) is 18.7 Å². The molecule has 1 saturated carbocycles. The van der Waals surface area contributed by atoms with Crippen LogP contribution in [0.25, 0.3) is 0 Å². The van der Waals surface area contributed by atoms with Crippen molar-refractivity contribution >= 4 is 5.91 Å². The third-order valence-corrected chi connectivity index (χ3v) is 4.55. The summed E-state index contributed by atoms with van der Waals surface area (Å²) in [4.78, 5) is 23.6. The minimum atomic E-state index is 0.0760. The van der Waals surface area contributed by atoms with Crippen molar-refractivity contribution in [1.29, 1.82) is 0 Å². The Morgan fingerprint density at radius 3 is 3.05 bits per heavy atom. The van der Waals surface area contributed by atoms with Crippen molar-refractivity contribution in [3.63, 3.8) is 0 Å². The molecular formula is C16H23N3O2. The Balaban J connectivity index is 1.87. The van der Waals surface area contributed by atoms with E-state index in [1.165, 1.54) is 12.8 Å². The zero-order chi connectivity index (χ0) is 14.8. The lowest BCUT2D eigenvalue weighted by atomic mass is 9.89. The molecule has 3 rings (SSSR count). The molecule has 2 fully saturated rings. The number of hydrogen-bond acceptors (Lipinski definition) is 4. The summed E-state index contributed by atoms with van der Waals surface area (Å²) in [6, 6.07) is 0.228. The first-order valence-electron chi connectivity index (χ1n) is 7.95. The molecule has 1 aromatic heterocycles. The van der Waals surface area contributed by atoms with Crippen molar-refractivity contribution < 1.29 is 9.53 Å². The number of amides is 1. The first-order valence-corrected chi connectivity index (χ1v) is 7.95. The summed E-state index contributed by atoms with van der Waals surface area (Å²) in [6.07, 6.45) is 7.16. The number of carbonyl (C=O) groups excluding carboxylic acids is 1. The van der Waals surface area contributed by atoms with E-state index in [9.17, 15) is 4.79 Å². The summed E-state index contributed by atoms with van der Waals surface area (Å²) in [5.74, 6) is 0.799. The van der Waals surface area contributed by atoms with Gasteiger partial charge in [0.1, 0.15) is 5.82 Å². The molecule has 0 bridgehead atoms. The van der Waals surface area contributed by atoms with E-state index in [2.05, 4.69) is 9.97 Å². The van der Waals surface area contributed by atoms with Gasteiger partial charge in [0.05, 0.1) is 30.0 Å². The molecular weight excluding hydrogens is 266 g/mol. The van der Waals surface area contributed by atoms with Crippen LogP contribution < -0.4 is 0 Å². The van der Waals surface area contributed by atoms with Crippen LogP contribution in [0.3, 0.4) is 0 Å². The van der Waals surface area contributed by atoms with Crippen molar-refractivity contribution in [2.45, 2.75) is 58.1 Å². The molecule has 1 saturated heterocycles. The Kier molecular flexibility index (Phi) is 4.19. The van der Waals surface area contributed by atoms with Crippen LogP contribution in [0.4, 0.5) is 0 Å². The molecule has 2 heterocycles. The van der Waals surface area contributed by atoms with Gasteiger partial charge in [0.2, 0.25) is 0 Å². The van der Waals surface area contributed by atoms with Crippen LogP contribution >= 0.6 is 0 Å². The third kappa shape index (κ3) is 2.79. The average molecular weight is 289 g/mol. The quantitative estimate of drug-likeness (QED) is 0.837. The number of aryl methyl sites for hydroxylation is 2. The minimum Gasteiger partial charge on any atom is -0.374 e. The predicted octanol–water partition coefficient (Wildman–Crippen LogP) is 2.13. The molecule has 0 N–H and O–H groups in total. The summed E-state index contributed by atoms with van der Waals surface area (Å²) in [6.45, 7) is 5.21. The fourth-order valence-corrected chi connectivity index (χ4v) is 3.47. The van der Waals surface area contributed by atoms with Crippen LogP contribution in [0.15, 0.2) is 6.20 Å². The largest absolute Gasteiger partial charge is 0.374 e. The molecule has 2 atom stereocenters. The molecule has 0 aromatic carbocycles. The highest BCUT2D eigenvalue weighted by atomic mass is 16.5. The van der Waals surface area contributed by atoms with Gasteiger partial charge in [-0.1, -0.05) is 19.8 Å². The lowest BCUT2D eigenvalue weighted by molar-refractivity contribution is -0.0753. The molecule has 114 valence electrons. The van der Waals surface area contributed by atoms with E-state index in [-0.39, 0.29) is 18.1 Å². The maximum Gasteiger partial charge on any atom is 0.257 e. The van der Waals surface area contributed by atoms with Crippen molar-refractivity contribution in [3.05, 3.63) is 23.3 Å². The second-order valence-corrected chi connectivity index (χ2v) is 5.89. The molecule has 2 aliphatic rings. The van der Waals surface area contributed by atoms with Crippen LogP contribution in [0.2, 0.25) is 0 Å². The number of rotatable bonds is 2. The highest BCUT2D eigenvalue weighted by molar-refractivity contribution is 5.95. The topological polar surface area (TPSA) is 55.3 Å². The lowest BCUT2D eigenvalue weighted by Gasteiger charge is -2.43. The van der Waals surface area contributed by atoms with Crippen LogP contribution in [-0.2, 0) is 11.2 Å². The Morgan fingerprint density at radius 2 is 2.24 bits per heavy atom. The molecule has 2 unspecified atom stereocenters. The van der Waals surface area contributed by atoms with Gasteiger partial charge >= 0.3 is 0 Å². The number of aromatic nitrogens is 2. The molecule has 0 spiro atoms. The molecule has 5 heteroatoms. The van der Waals surface area contributed by atoms with E-state index in [4.69, 9.17) is 4.74 Å². The van der Waals surface area contributed by atoms with Gasteiger partial charge in [0.25, 0.3) is 5.91 Å². The van der Waals surface area contributed by atoms with Gasteiger partial charge < -0.3 is 9.64 Å². The van der Waals surface area contributed by atoms with Crippen molar-refractivity contribution in [1.82, 2.24) is 14.9 Å². The summed E-state index contributed by atoms with van der Waals surface area (Å²) in [7, 11) is 0. The maximum atomic E-state index is 12.9. The zero-order valence-corrected chi connectivity index (χ0v) is 12.8. The van der Waals surface area contributed by atoms with E-state index >= 15 is 0 Å². The summed E-state index contributed by atoms with van der Waals surface area (Å²) < 4.78 is 5.85. The fraction of sp³-hybridized carbons (Fsp3) is 0.688. The van der Waals surface area contributed by atoms with Gasteiger partial charge in [0.15, 0.2) is 0 Å². The SMILES string of the molecule is CCc1nc(C)ncc1C(=O)N1CCOC2CCCCC21. The van der Waals surface area contributed by atoms with Crippen molar-refractivity contribution in [2.75, 3.05) is 13.2 Å². The normalized spacial score (nSPS) is 25.5. The Labute approximate surface area is 125 Å². The summed E-state index contributed by atoms with van der Waals surface area (Å²) in [5.41, 5.74) is 1.51. The van der Waals surface area contributed by atoms with Gasteiger partial charge in [-0.2, -0.15) is 0 Å². The van der Waals surface area contributed by atoms with Gasteiger partial charge in [0, 0.05) is 12.7 Å². The number of ether oxygens (including phenoxy) is 1. The first kappa shape index (κ1) is 14.4. The first-order chi connectivity index (χ1) is 10.2. The van der Waals surface area contributed by atoms with Gasteiger partial charge in [-0.05, 0) is 26.2 Å². The van der Waals surface area contributed by atoms with E-state index < -0.39 is 0 Å². The standard InChI is InChI=1S/C16H23N3O2/c1-3-13-12(10-17-11(2)18-13)16(20)19-8-9-21-15-7-5-4-6-14(15)19/h10,14-15H,3-9H2,1-2H3. The Bertz CT molecular complexity index is 530. The average Bonchev–Trinajstić information content (AvgIpc) is 2.53. The molecule has 0 radical (unpaired) electrons. The summed E-state index contributed by atoms with van der Waals surface area (Å²) >= 11 is 0.